The van der Waals surface area contributed by atoms with Crippen molar-refractivity contribution < 1.29 is 23.9 Å². The number of aliphatic imine (C=N–C) groups is 1. The number of thioether (sulfide) groups is 1. The van der Waals surface area contributed by atoms with Gasteiger partial charge in [-0.25, -0.2) is 4.79 Å². The number of amidine groups is 1. The van der Waals surface area contributed by atoms with Crippen molar-refractivity contribution in [3.63, 3.8) is 0 Å². The predicted octanol–water partition coefficient (Wildman–Crippen LogP) is 7.58. The van der Waals surface area contributed by atoms with Crippen molar-refractivity contribution in [2.24, 2.45) is 4.99 Å². The summed E-state index contributed by atoms with van der Waals surface area (Å²) in [6.07, 6.45) is 8.22. The van der Waals surface area contributed by atoms with Crippen LogP contribution >= 0.6 is 11.8 Å². The Morgan fingerprint density at radius 2 is 1.62 bits per heavy atom. The standard InChI is InChI=1S/C42H40N4O5S/c1-7-9-21-33(8-2)46-40(49)35(25-32-24-27(3)45(29(32)5)36-23-16-22-34(28(36)4)41(50)51-6)39(48)44-42(46)52-26-37(47)43-38(30-17-12-10-13-18-30)31-19-14-11-15-20-31/h7-25,38H,1,26H2,2-6H3,(H,43,47)/b21-9-,33-8+,35-25+. The zero-order valence-electron chi connectivity index (χ0n) is 29.8. The SMILES string of the molecule is C=C/C=C\C(=C/C)N1C(=O)/C(=C/c2cc(C)n(-c3cccc(C(=O)OC)c3C)c2C)C(=O)N=C1SCC(=O)NC(c1ccccc1)c1ccccc1. The van der Waals surface area contributed by atoms with Crippen molar-refractivity contribution >= 4 is 46.7 Å². The van der Waals surface area contributed by atoms with Gasteiger partial charge in [-0.3, -0.25) is 19.3 Å². The molecule has 10 heteroatoms. The van der Waals surface area contributed by atoms with Crippen LogP contribution in [0.1, 0.15) is 57.0 Å². The van der Waals surface area contributed by atoms with Gasteiger partial charge in [-0.1, -0.05) is 103 Å². The van der Waals surface area contributed by atoms with E-state index in [1.54, 1.807) is 49.4 Å². The fraction of sp³-hybridized carbons (Fsp3) is 0.167. The fourth-order valence-corrected chi connectivity index (χ4v) is 6.86. The van der Waals surface area contributed by atoms with Crippen molar-refractivity contribution in [2.75, 3.05) is 12.9 Å². The number of hydrogen-bond donors (Lipinski definition) is 1. The van der Waals surface area contributed by atoms with E-state index in [0.29, 0.717) is 16.8 Å². The van der Waals surface area contributed by atoms with Crippen LogP contribution in [0.3, 0.4) is 0 Å². The minimum Gasteiger partial charge on any atom is -0.465 e. The first-order chi connectivity index (χ1) is 25.1. The summed E-state index contributed by atoms with van der Waals surface area (Å²) >= 11 is 1.01. The number of nitrogens with one attached hydrogen (secondary N) is 1. The van der Waals surface area contributed by atoms with E-state index in [-0.39, 0.29) is 22.4 Å². The van der Waals surface area contributed by atoms with Gasteiger partial charge in [-0.2, -0.15) is 4.99 Å². The van der Waals surface area contributed by atoms with Gasteiger partial charge in [0.05, 0.1) is 24.5 Å². The van der Waals surface area contributed by atoms with Gasteiger partial charge >= 0.3 is 5.97 Å². The van der Waals surface area contributed by atoms with Crippen LogP contribution in [-0.4, -0.2) is 51.2 Å². The van der Waals surface area contributed by atoms with Crippen LogP contribution < -0.4 is 5.32 Å². The molecule has 0 bridgehead atoms. The van der Waals surface area contributed by atoms with Crippen LogP contribution in [0.2, 0.25) is 0 Å². The molecule has 5 rings (SSSR count). The number of hydrogen-bond acceptors (Lipinski definition) is 6. The lowest BCUT2D eigenvalue weighted by atomic mass is 9.99. The number of amides is 3. The van der Waals surface area contributed by atoms with Crippen LogP contribution in [-0.2, 0) is 19.1 Å². The summed E-state index contributed by atoms with van der Waals surface area (Å²) in [4.78, 5) is 59.5. The minimum atomic E-state index is -0.715. The molecule has 0 fully saturated rings. The van der Waals surface area contributed by atoms with Crippen LogP contribution in [0.25, 0.3) is 11.8 Å². The lowest BCUT2D eigenvalue weighted by molar-refractivity contribution is -0.126. The monoisotopic (exact) mass is 712 g/mol. The Labute approximate surface area is 308 Å². The Morgan fingerprint density at radius 1 is 0.962 bits per heavy atom. The Balaban J connectivity index is 1.47. The molecule has 0 saturated heterocycles. The van der Waals surface area contributed by atoms with Crippen LogP contribution in [0.5, 0.6) is 0 Å². The van der Waals surface area contributed by atoms with E-state index in [4.69, 9.17) is 4.74 Å². The van der Waals surface area contributed by atoms with Crippen molar-refractivity contribution in [3.05, 3.63) is 166 Å². The molecule has 0 spiro atoms. The molecular weight excluding hydrogens is 673 g/mol. The number of nitrogens with zero attached hydrogens (tertiary/aromatic N) is 3. The smallest absolute Gasteiger partial charge is 0.338 e. The second kappa shape index (κ2) is 16.8. The molecule has 1 aromatic heterocycles. The number of methoxy groups -OCH3 is 1. The highest BCUT2D eigenvalue weighted by Crippen LogP contribution is 2.30. The van der Waals surface area contributed by atoms with Gasteiger partial charge in [-0.05, 0) is 80.3 Å². The number of carbonyl (C=O) groups excluding carboxylic acids is 4. The van der Waals surface area contributed by atoms with Gasteiger partial charge in [0.2, 0.25) is 5.91 Å². The third kappa shape index (κ3) is 7.98. The predicted molar refractivity (Wildman–Crippen MR) is 207 cm³/mol. The van der Waals surface area contributed by atoms with E-state index in [2.05, 4.69) is 16.9 Å². The molecule has 1 aliphatic heterocycles. The van der Waals surface area contributed by atoms with E-state index in [0.717, 1.165) is 45.5 Å². The van der Waals surface area contributed by atoms with Crippen molar-refractivity contribution in [1.29, 1.82) is 0 Å². The highest BCUT2D eigenvalue weighted by molar-refractivity contribution is 8.14. The lowest BCUT2D eigenvalue weighted by Gasteiger charge is -2.28. The van der Waals surface area contributed by atoms with Gasteiger partial charge in [0.1, 0.15) is 5.57 Å². The summed E-state index contributed by atoms with van der Waals surface area (Å²) in [6, 6.07) is 26.2. The minimum absolute atomic E-state index is 0.0841. The maximum absolute atomic E-state index is 14.3. The summed E-state index contributed by atoms with van der Waals surface area (Å²) in [5.74, 6) is -2.13. The largest absolute Gasteiger partial charge is 0.465 e. The molecule has 3 amide bonds. The summed E-state index contributed by atoms with van der Waals surface area (Å²) in [5, 5.41) is 3.19. The van der Waals surface area contributed by atoms with Crippen molar-refractivity contribution in [2.45, 2.75) is 33.7 Å². The zero-order valence-corrected chi connectivity index (χ0v) is 30.6. The summed E-state index contributed by atoms with van der Waals surface area (Å²) in [6.45, 7) is 11.1. The number of allylic oxidation sites excluding steroid dienone is 4. The molecule has 9 nitrogen and oxygen atoms in total. The first kappa shape index (κ1) is 37.3. The Hall–Kier alpha value is -6.00. The van der Waals surface area contributed by atoms with Crippen LogP contribution in [0.15, 0.2) is 132 Å². The quantitative estimate of drug-likeness (QED) is 0.0743. The van der Waals surface area contributed by atoms with Gasteiger partial charge in [-0.15, -0.1) is 0 Å². The van der Waals surface area contributed by atoms with Gasteiger partial charge in [0.15, 0.2) is 5.17 Å². The maximum Gasteiger partial charge on any atom is 0.338 e. The van der Waals surface area contributed by atoms with Gasteiger partial charge in [0, 0.05) is 22.8 Å². The second-order valence-corrected chi connectivity index (χ2v) is 12.9. The highest BCUT2D eigenvalue weighted by Gasteiger charge is 2.35. The van der Waals surface area contributed by atoms with Gasteiger partial charge in [0.25, 0.3) is 11.8 Å². The van der Waals surface area contributed by atoms with Crippen LogP contribution in [0.4, 0.5) is 0 Å². The number of ether oxygens (including phenoxy) is 1. The first-order valence-electron chi connectivity index (χ1n) is 16.6. The first-order valence-corrected chi connectivity index (χ1v) is 17.6. The Morgan fingerprint density at radius 3 is 2.21 bits per heavy atom. The molecule has 1 N–H and O–H groups in total. The van der Waals surface area contributed by atoms with E-state index < -0.39 is 23.8 Å². The average Bonchev–Trinajstić information content (AvgIpc) is 3.44. The molecule has 0 radical (unpaired) electrons. The fourth-order valence-electron chi connectivity index (χ4n) is 6.05. The number of esters is 1. The molecule has 3 aromatic carbocycles. The average molecular weight is 713 g/mol. The summed E-state index contributed by atoms with van der Waals surface area (Å²) in [7, 11) is 1.34. The van der Waals surface area contributed by atoms with E-state index in [1.807, 2.05) is 98.1 Å². The Bertz CT molecular complexity index is 2110. The normalized spacial score (nSPS) is 14.3. The maximum atomic E-state index is 14.3. The number of aryl methyl sites for hydroxylation is 1. The third-order valence-corrected chi connectivity index (χ3v) is 9.57. The van der Waals surface area contributed by atoms with E-state index in [1.165, 1.54) is 12.0 Å². The lowest BCUT2D eigenvalue weighted by Crippen LogP contribution is -2.42. The molecule has 0 atom stereocenters. The second-order valence-electron chi connectivity index (χ2n) is 11.9. The molecular formula is C42H40N4O5S. The summed E-state index contributed by atoms with van der Waals surface area (Å²) < 4.78 is 6.93. The van der Waals surface area contributed by atoms with Crippen LogP contribution in [0, 0.1) is 20.8 Å². The molecule has 264 valence electrons. The zero-order chi connectivity index (χ0) is 37.4. The molecule has 52 heavy (non-hydrogen) atoms. The number of aromatic nitrogens is 1. The van der Waals surface area contributed by atoms with Crippen molar-refractivity contribution in [3.8, 4) is 5.69 Å². The topological polar surface area (TPSA) is 110 Å². The number of benzene rings is 3. The molecule has 4 aromatic rings. The van der Waals surface area contributed by atoms with E-state index >= 15 is 0 Å². The molecule has 0 saturated carbocycles. The number of carbonyl (C=O) groups is 4. The Kier molecular flexibility index (Phi) is 12.0. The molecule has 0 aliphatic carbocycles. The number of rotatable bonds is 11. The third-order valence-electron chi connectivity index (χ3n) is 8.63. The molecule has 1 aliphatic rings. The summed E-state index contributed by atoms with van der Waals surface area (Å²) in [5.41, 5.74) is 6.33. The molecule has 2 heterocycles. The van der Waals surface area contributed by atoms with Crippen molar-refractivity contribution in [1.82, 2.24) is 14.8 Å². The van der Waals surface area contributed by atoms with Gasteiger partial charge < -0.3 is 14.6 Å². The molecule has 0 unspecified atom stereocenters. The highest BCUT2D eigenvalue weighted by atomic mass is 32.2. The van der Waals surface area contributed by atoms with E-state index in [9.17, 15) is 19.2 Å².